The van der Waals surface area contributed by atoms with E-state index in [4.69, 9.17) is 16.3 Å². The van der Waals surface area contributed by atoms with Gasteiger partial charge in [-0.25, -0.2) is 0 Å². The van der Waals surface area contributed by atoms with Gasteiger partial charge in [0.25, 0.3) is 0 Å². The fraction of sp³-hybridized carbons (Fsp3) is 0.500. The third-order valence-electron chi connectivity index (χ3n) is 2.08. The van der Waals surface area contributed by atoms with Crippen molar-refractivity contribution in [2.75, 3.05) is 40.3 Å². The first-order chi connectivity index (χ1) is 7.68. The van der Waals surface area contributed by atoms with Crippen molar-refractivity contribution in [3.8, 4) is 5.75 Å². The summed E-state index contributed by atoms with van der Waals surface area (Å²) in [7, 11) is 4.12. The maximum Gasteiger partial charge on any atom is 0.120 e. The average Bonchev–Trinajstić information content (AvgIpc) is 2.23. The SMILES string of the molecule is CN(C)CCNCCOc1cccc(Cl)c1. The normalized spacial score (nSPS) is 10.8. The van der Waals surface area contributed by atoms with Gasteiger partial charge in [0.15, 0.2) is 0 Å². The third-order valence-corrected chi connectivity index (χ3v) is 2.31. The molecule has 0 spiro atoms. The summed E-state index contributed by atoms with van der Waals surface area (Å²) < 4.78 is 5.53. The molecule has 0 unspecified atom stereocenters. The van der Waals surface area contributed by atoms with Gasteiger partial charge in [-0.1, -0.05) is 17.7 Å². The van der Waals surface area contributed by atoms with Crippen LogP contribution in [0, 0.1) is 0 Å². The van der Waals surface area contributed by atoms with Crippen LogP contribution in [0.3, 0.4) is 0 Å². The number of hydrogen-bond acceptors (Lipinski definition) is 3. The standard InChI is InChI=1S/C12H19ClN2O/c1-15(2)8-6-14-7-9-16-12-5-3-4-11(13)10-12/h3-5,10,14H,6-9H2,1-2H3. The van der Waals surface area contributed by atoms with Crippen molar-refractivity contribution in [1.29, 1.82) is 0 Å². The Bertz CT molecular complexity index is 305. The van der Waals surface area contributed by atoms with E-state index in [1.807, 2.05) is 24.3 Å². The zero-order chi connectivity index (χ0) is 11.8. The van der Waals surface area contributed by atoms with E-state index >= 15 is 0 Å². The van der Waals surface area contributed by atoms with Gasteiger partial charge in [0.05, 0.1) is 0 Å². The number of benzene rings is 1. The van der Waals surface area contributed by atoms with Gasteiger partial charge in [0, 0.05) is 24.7 Å². The molecule has 0 heterocycles. The number of rotatable bonds is 7. The molecule has 1 aromatic rings. The van der Waals surface area contributed by atoms with Gasteiger partial charge in [0.1, 0.15) is 12.4 Å². The molecular weight excluding hydrogens is 224 g/mol. The van der Waals surface area contributed by atoms with E-state index in [0.717, 1.165) is 25.4 Å². The largest absolute Gasteiger partial charge is 0.492 e. The quantitative estimate of drug-likeness (QED) is 0.739. The van der Waals surface area contributed by atoms with Crippen molar-refractivity contribution in [3.05, 3.63) is 29.3 Å². The molecule has 0 atom stereocenters. The lowest BCUT2D eigenvalue weighted by Gasteiger charge is -2.11. The molecule has 0 aliphatic rings. The highest BCUT2D eigenvalue weighted by Gasteiger charge is 1.94. The minimum absolute atomic E-state index is 0.660. The van der Waals surface area contributed by atoms with Crippen LogP contribution in [-0.2, 0) is 0 Å². The van der Waals surface area contributed by atoms with Crippen LogP contribution in [0.1, 0.15) is 0 Å². The van der Waals surface area contributed by atoms with Crippen LogP contribution in [0.15, 0.2) is 24.3 Å². The van der Waals surface area contributed by atoms with Crippen LogP contribution >= 0.6 is 11.6 Å². The minimum Gasteiger partial charge on any atom is -0.492 e. The molecule has 0 aliphatic heterocycles. The van der Waals surface area contributed by atoms with Gasteiger partial charge in [-0.2, -0.15) is 0 Å². The van der Waals surface area contributed by atoms with Crippen LogP contribution < -0.4 is 10.1 Å². The lowest BCUT2D eigenvalue weighted by molar-refractivity contribution is 0.308. The zero-order valence-corrected chi connectivity index (χ0v) is 10.6. The predicted molar refractivity (Wildman–Crippen MR) is 68.4 cm³/mol. The summed E-state index contributed by atoms with van der Waals surface area (Å²) in [5.41, 5.74) is 0. The number of hydrogen-bond donors (Lipinski definition) is 1. The number of halogens is 1. The van der Waals surface area contributed by atoms with E-state index in [1.165, 1.54) is 0 Å². The van der Waals surface area contributed by atoms with Gasteiger partial charge < -0.3 is 15.0 Å². The Morgan fingerprint density at radius 1 is 1.31 bits per heavy atom. The van der Waals surface area contributed by atoms with Crippen LogP contribution in [0.25, 0.3) is 0 Å². The predicted octanol–water partition coefficient (Wildman–Crippen LogP) is 1.87. The Kier molecular flexibility index (Phi) is 6.23. The van der Waals surface area contributed by atoms with Crippen LogP contribution in [-0.4, -0.2) is 45.2 Å². The van der Waals surface area contributed by atoms with E-state index in [0.29, 0.717) is 11.6 Å². The molecule has 0 radical (unpaired) electrons. The second-order valence-electron chi connectivity index (χ2n) is 3.86. The Hall–Kier alpha value is -0.770. The molecule has 0 aromatic heterocycles. The fourth-order valence-electron chi connectivity index (χ4n) is 1.23. The fourth-order valence-corrected chi connectivity index (χ4v) is 1.41. The molecule has 0 amide bonds. The molecule has 90 valence electrons. The summed E-state index contributed by atoms with van der Waals surface area (Å²) in [5.74, 6) is 0.821. The van der Waals surface area contributed by atoms with Gasteiger partial charge in [0.2, 0.25) is 0 Å². The molecule has 0 fully saturated rings. The summed E-state index contributed by atoms with van der Waals surface area (Å²) >= 11 is 5.84. The van der Waals surface area contributed by atoms with Crippen molar-refractivity contribution in [2.24, 2.45) is 0 Å². The van der Waals surface area contributed by atoms with E-state index < -0.39 is 0 Å². The summed E-state index contributed by atoms with van der Waals surface area (Å²) in [6.07, 6.45) is 0. The Morgan fingerprint density at radius 3 is 2.81 bits per heavy atom. The Labute approximate surface area is 102 Å². The topological polar surface area (TPSA) is 24.5 Å². The number of ether oxygens (including phenoxy) is 1. The smallest absolute Gasteiger partial charge is 0.120 e. The summed E-state index contributed by atoms with van der Waals surface area (Å²) in [6.45, 7) is 3.52. The van der Waals surface area contributed by atoms with Gasteiger partial charge in [-0.15, -0.1) is 0 Å². The molecule has 1 N–H and O–H groups in total. The average molecular weight is 243 g/mol. The highest BCUT2D eigenvalue weighted by Crippen LogP contribution is 2.16. The maximum absolute atomic E-state index is 5.84. The Morgan fingerprint density at radius 2 is 2.12 bits per heavy atom. The molecular formula is C12H19ClN2O. The molecule has 4 heteroatoms. The molecule has 0 aliphatic carbocycles. The van der Waals surface area contributed by atoms with E-state index in [9.17, 15) is 0 Å². The highest BCUT2D eigenvalue weighted by molar-refractivity contribution is 6.30. The van der Waals surface area contributed by atoms with Gasteiger partial charge >= 0.3 is 0 Å². The first kappa shape index (κ1) is 13.3. The summed E-state index contributed by atoms with van der Waals surface area (Å²) in [4.78, 5) is 2.14. The highest BCUT2D eigenvalue weighted by atomic mass is 35.5. The molecule has 3 nitrogen and oxygen atoms in total. The van der Waals surface area contributed by atoms with Gasteiger partial charge in [-0.3, -0.25) is 0 Å². The molecule has 1 aromatic carbocycles. The molecule has 1 rings (SSSR count). The zero-order valence-electron chi connectivity index (χ0n) is 9.87. The summed E-state index contributed by atoms with van der Waals surface area (Å²) in [5, 5.41) is 4.01. The van der Waals surface area contributed by atoms with Crippen LogP contribution in [0.5, 0.6) is 5.75 Å². The minimum atomic E-state index is 0.660. The van der Waals surface area contributed by atoms with E-state index in [-0.39, 0.29) is 0 Å². The molecule has 0 bridgehead atoms. The first-order valence-corrected chi connectivity index (χ1v) is 5.80. The lowest BCUT2D eigenvalue weighted by atomic mass is 10.3. The molecule has 16 heavy (non-hydrogen) atoms. The maximum atomic E-state index is 5.84. The number of likely N-dealkylation sites (N-methyl/N-ethyl adjacent to an activating group) is 1. The van der Waals surface area contributed by atoms with Crippen molar-refractivity contribution >= 4 is 11.6 Å². The van der Waals surface area contributed by atoms with Crippen molar-refractivity contribution in [3.63, 3.8) is 0 Å². The van der Waals surface area contributed by atoms with E-state index in [1.54, 1.807) is 0 Å². The van der Waals surface area contributed by atoms with Crippen molar-refractivity contribution < 1.29 is 4.74 Å². The second-order valence-corrected chi connectivity index (χ2v) is 4.30. The first-order valence-electron chi connectivity index (χ1n) is 5.42. The molecule has 0 saturated carbocycles. The monoisotopic (exact) mass is 242 g/mol. The molecule has 0 saturated heterocycles. The van der Waals surface area contributed by atoms with Crippen molar-refractivity contribution in [1.82, 2.24) is 10.2 Å². The van der Waals surface area contributed by atoms with E-state index in [2.05, 4.69) is 24.3 Å². The van der Waals surface area contributed by atoms with Crippen LogP contribution in [0.2, 0.25) is 5.02 Å². The summed E-state index contributed by atoms with van der Waals surface area (Å²) in [6, 6.07) is 7.45. The second kappa shape index (κ2) is 7.49. The number of nitrogens with zero attached hydrogens (tertiary/aromatic N) is 1. The van der Waals surface area contributed by atoms with Crippen molar-refractivity contribution in [2.45, 2.75) is 0 Å². The lowest BCUT2D eigenvalue weighted by Crippen LogP contribution is -2.29. The van der Waals surface area contributed by atoms with Crippen LogP contribution in [0.4, 0.5) is 0 Å². The van der Waals surface area contributed by atoms with Gasteiger partial charge in [-0.05, 0) is 32.3 Å². The number of nitrogens with one attached hydrogen (secondary N) is 1. The third kappa shape index (κ3) is 5.95. The Balaban J connectivity index is 2.07.